The Kier molecular flexibility index (Phi) is 2.73. The highest BCUT2D eigenvalue weighted by Crippen LogP contribution is 2.23. The summed E-state index contributed by atoms with van der Waals surface area (Å²) < 4.78 is 0. The molecule has 3 heteroatoms. The molecular formula is C12H16N2O. The van der Waals surface area contributed by atoms with Crippen LogP contribution in [0.5, 0.6) is 0 Å². The molecule has 0 radical (unpaired) electrons. The normalized spacial score (nSPS) is 23.2. The average molecular weight is 204 g/mol. The van der Waals surface area contributed by atoms with E-state index in [0.717, 1.165) is 6.54 Å². The van der Waals surface area contributed by atoms with Crippen molar-refractivity contribution in [3.63, 3.8) is 0 Å². The summed E-state index contributed by atoms with van der Waals surface area (Å²) in [6.07, 6.45) is 0. The molecule has 1 aromatic carbocycles. The molecule has 0 N–H and O–H groups in total. The number of hydrogen-bond donors (Lipinski definition) is 0. The standard InChI is InChI=1S/C12H16N2O/c1-13-8-11(14(2)12(15)9-13)10-6-4-3-5-7-10/h3-7,11H,8-9H2,1-2H3. The van der Waals surface area contributed by atoms with Crippen molar-refractivity contribution in [3.8, 4) is 0 Å². The fourth-order valence-electron chi connectivity index (χ4n) is 2.00. The molecule has 2 rings (SSSR count). The van der Waals surface area contributed by atoms with Gasteiger partial charge in [0.05, 0.1) is 12.6 Å². The Bertz CT molecular complexity index is 350. The van der Waals surface area contributed by atoms with Gasteiger partial charge in [-0.05, 0) is 12.6 Å². The lowest BCUT2D eigenvalue weighted by molar-refractivity contribution is -0.137. The summed E-state index contributed by atoms with van der Waals surface area (Å²) >= 11 is 0. The minimum absolute atomic E-state index is 0.192. The first-order chi connectivity index (χ1) is 7.18. The van der Waals surface area contributed by atoms with Crippen LogP contribution in [0.3, 0.4) is 0 Å². The molecule has 0 saturated carbocycles. The molecule has 1 aliphatic heterocycles. The summed E-state index contributed by atoms with van der Waals surface area (Å²) in [5, 5.41) is 0. The van der Waals surface area contributed by atoms with Gasteiger partial charge < -0.3 is 4.90 Å². The number of nitrogens with zero attached hydrogens (tertiary/aromatic N) is 2. The molecule has 80 valence electrons. The number of carbonyl (C=O) groups is 1. The van der Waals surface area contributed by atoms with E-state index in [9.17, 15) is 4.79 Å². The number of carbonyl (C=O) groups excluding carboxylic acids is 1. The maximum Gasteiger partial charge on any atom is 0.237 e. The van der Waals surface area contributed by atoms with Gasteiger partial charge in [0.2, 0.25) is 5.91 Å². The Balaban J connectivity index is 2.24. The van der Waals surface area contributed by atoms with E-state index in [1.165, 1.54) is 5.56 Å². The van der Waals surface area contributed by atoms with Crippen LogP contribution < -0.4 is 0 Å². The van der Waals surface area contributed by atoms with E-state index >= 15 is 0 Å². The SMILES string of the molecule is CN1CC(=O)N(C)C(c2ccccc2)C1. The summed E-state index contributed by atoms with van der Waals surface area (Å²) in [5.41, 5.74) is 1.21. The molecule has 0 spiro atoms. The highest BCUT2D eigenvalue weighted by molar-refractivity contribution is 5.79. The monoisotopic (exact) mass is 204 g/mol. The van der Waals surface area contributed by atoms with E-state index in [2.05, 4.69) is 17.0 Å². The third-order valence-electron chi connectivity index (χ3n) is 2.94. The predicted molar refractivity (Wildman–Crippen MR) is 59.5 cm³/mol. The molecule has 1 saturated heterocycles. The molecule has 1 heterocycles. The van der Waals surface area contributed by atoms with Gasteiger partial charge in [0.25, 0.3) is 0 Å². The van der Waals surface area contributed by atoms with Crippen LogP contribution in [0.25, 0.3) is 0 Å². The minimum Gasteiger partial charge on any atom is -0.336 e. The van der Waals surface area contributed by atoms with E-state index in [1.807, 2.05) is 37.2 Å². The smallest absolute Gasteiger partial charge is 0.237 e. The molecule has 1 aromatic rings. The zero-order valence-electron chi connectivity index (χ0n) is 9.18. The van der Waals surface area contributed by atoms with E-state index < -0.39 is 0 Å². The van der Waals surface area contributed by atoms with Crippen molar-refractivity contribution in [3.05, 3.63) is 35.9 Å². The maximum absolute atomic E-state index is 11.7. The van der Waals surface area contributed by atoms with Crippen molar-refractivity contribution in [2.24, 2.45) is 0 Å². The second-order valence-corrected chi connectivity index (χ2v) is 4.13. The number of benzene rings is 1. The van der Waals surface area contributed by atoms with Gasteiger partial charge in [0.15, 0.2) is 0 Å². The summed E-state index contributed by atoms with van der Waals surface area (Å²) in [6.45, 7) is 1.44. The highest BCUT2D eigenvalue weighted by atomic mass is 16.2. The molecule has 0 bridgehead atoms. The van der Waals surface area contributed by atoms with Gasteiger partial charge in [-0.1, -0.05) is 30.3 Å². The molecule has 1 amide bonds. The van der Waals surface area contributed by atoms with E-state index in [-0.39, 0.29) is 11.9 Å². The van der Waals surface area contributed by atoms with Crippen LogP contribution >= 0.6 is 0 Å². The van der Waals surface area contributed by atoms with Gasteiger partial charge in [-0.2, -0.15) is 0 Å². The van der Waals surface area contributed by atoms with Crippen LogP contribution in [-0.2, 0) is 4.79 Å². The first-order valence-corrected chi connectivity index (χ1v) is 5.17. The van der Waals surface area contributed by atoms with Gasteiger partial charge in [0.1, 0.15) is 0 Å². The molecule has 1 aliphatic rings. The van der Waals surface area contributed by atoms with E-state index in [4.69, 9.17) is 0 Å². The van der Waals surface area contributed by atoms with Crippen LogP contribution in [0.4, 0.5) is 0 Å². The molecule has 0 aromatic heterocycles. The van der Waals surface area contributed by atoms with Crippen molar-refractivity contribution < 1.29 is 4.79 Å². The number of hydrogen-bond acceptors (Lipinski definition) is 2. The molecule has 1 atom stereocenters. The van der Waals surface area contributed by atoms with E-state index in [1.54, 1.807) is 0 Å². The third kappa shape index (κ3) is 2.02. The van der Waals surface area contributed by atoms with Gasteiger partial charge in [0, 0.05) is 13.6 Å². The zero-order chi connectivity index (χ0) is 10.8. The summed E-state index contributed by atoms with van der Waals surface area (Å²) in [5.74, 6) is 0.192. The Morgan fingerprint density at radius 2 is 1.87 bits per heavy atom. The van der Waals surface area contributed by atoms with E-state index in [0.29, 0.717) is 6.54 Å². The summed E-state index contributed by atoms with van der Waals surface area (Å²) in [4.78, 5) is 15.6. The average Bonchev–Trinajstić information content (AvgIpc) is 2.24. The van der Waals surface area contributed by atoms with Gasteiger partial charge in [-0.25, -0.2) is 0 Å². The molecule has 1 unspecified atom stereocenters. The van der Waals surface area contributed by atoms with Crippen LogP contribution in [0.2, 0.25) is 0 Å². The number of amides is 1. The second kappa shape index (κ2) is 4.03. The predicted octanol–water partition coefficient (Wildman–Crippen LogP) is 1.13. The Labute approximate surface area is 90.3 Å². The highest BCUT2D eigenvalue weighted by Gasteiger charge is 2.28. The maximum atomic E-state index is 11.7. The van der Waals surface area contributed by atoms with Crippen LogP contribution in [0.1, 0.15) is 11.6 Å². The second-order valence-electron chi connectivity index (χ2n) is 4.13. The number of likely N-dealkylation sites (N-methyl/N-ethyl adjacent to an activating group) is 2. The largest absolute Gasteiger partial charge is 0.336 e. The van der Waals surface area contributed by atoms with Crippen molar-refractivity contribution in [1.29, 1.82) is 0 Å². The molecule has 15 heavy (non-hydrogen) atoms. The van der Waals surface area contributed by atoms with Gasteiger partial charge in [-0.15, -0.1) is 0 Å². The van der Waals surface area contributed by atoms with Crippen molar-refractivity contribution in [1.82, 2.24) is 9.80 Å². The molecular weight excluding hydrogens is 188 g/mol. The summed E-state index contributed by atoms with van der Waals surface area (Å²) in [7, 11) is 3.87. The Morgan fingerprint density at radius 3 is 2.53 bits per heavy atom. The molecule has 1 fully saturated rings. The van der Waals surface area contributed by atoms with Crippen molar-refractivity contribution in [2.45, 2.75) is 6.04 Å². The van der Waals surface area contributed by atoms with Crippen LogP contribution in [-0.4, -0.2) is 42.9 Å². The summed E-state index contributed by atoms with van der Waals surface area (Å²) in [6, 6.07) is 10.4. The molecule has 0 aliphatic carbocycles. The quantitative estimate of drug-likeness (QED) is 0.684. The topological polar surface area (TPSA) is 23.6 Å². The fraction of sp³-hybridized carbons (Fsp3) is 0.417. The minimum atomic E-state index is 0.192. The van der Waals surface area contributed by atoms with Gasteiger partial charge >= 0.3 is 0 Å². The fourth-order valence-corrected chi connectivity index (χ4v) is 2.00. The number of rotatable bonds is 1. The lowest BCUT2D eigenvalue weighted by Crippen LogP contribution is -2.48. The van der Waals surface area contributed by atoms with Crippen LogP contribution in [0.15, 0.2) is 30.3 Å². The first kappa shape index (κ1) is 10.2. The first-order valence-electron chi connectivity index (χ1n) is 5.17. The van der Waals surface area contributed by atoms with Crippen LogP contribution in [0, 0.1) is 0 Å². The Morgan fingerprint density at radius 1 is 1.20 bits per heavy atom. The van der Waals surface area contributed by atoms with Crippen molar-refractivity contribution in [2.75, 3.05) is 27.2 Å². The molecule has 3 nitrogen and oxygen atoms in total. The van der Waals surface area contributed by atoms with Crippen molar-refractivity contribution >= 4 is 5.91 Å². The van der Waals surface area contributed by atoms with Gasteiger partial charge in [-0.3, -0.25) is 9.69 Å². The Hall–Kier alpha value is -1.35. The lowest BCUT2D eigenvalue weighted by atomic mass is 10.0. The third-order valence-corrected chi connectivity index (χ3v) is 2.94. The lowest BCUT2D eigenvalue weighted by Gasteiger charge is -2.37. The number of piperazine rings is 1. The zero-order valence-corrected chi connectivity index (χ0v) is 9.18.